The number of fused-ring (bicyclic) bond motifs is 3. The van der Waals surface area contributed by atoms with E-state index in [0.717, 1.165) is 15.4 Å². The Morgan fingerprint density at radius 2 is 1.87 bits per heavy atom. The summed E-state index contributed by atoms with van der Waals surface area (Å²) >= 11 is 3.43. The van der Waals surface area contributed by atoms with Gasteiger partial charge in [-0.3, -0.25) is 9.69 Å². The number of nitrogens with one attached hydrogen (secondary N) is 1. The van der Waals surface area contributed by atoms with Crippen LogP contribution in [0.3, 0.4) is 0 Å². The van der Waals surface area contributed by atoms with Gasteiger partial charge in [0.25, 0.3) is 0 Å². The van der Waals surface area contributed by atoms with E-state index in [2.05, 4.69) is 20.9 Å². The van der Waals surface area contributed by atoms with Gasteiger partial charge in [0, 0.05) is 28.7 Å². The van der Waals surface area contributed by atoms with Gasteiger partial charge in [0.1, 0.15) is 0 Å². The van der Waals surface area contributed by atoms with Crippen molar-refractivity contribution in [2.24, 2.45) is 0 Å². The van der Waals surface area contributed by atoms with Crippen LogP contribution in [0.5, 0.6) is 0 Å². The zero-order chi connectivity index (χ0) is 21.8. The second kappa shape index (κ2) is 9.21. The maximum Gasteiger partial charge on any atom is 0.513 e. The molecule has 0 saturated carbocycles. The van der Waals surface area contributed by atoms with Gasteiger partial charge in [-0.25, -0.2) is 9.59 Å². The predicted molar refractivity (Wildman–Crippen MR) is 110 cm³/mol. The molecule has 30 heavy (non-hydrogen) atoms. The second-order valence-electron chi connectivity index (χ2n) is 6.33. The number of halogens is 1. The highest BCUT2D eigenvalue weighted by Gasteiger charge is 2.33. The molecule has 1 aromatic carbocycles. The van der Waals surface area contributed by atoms with E-state index < -0.39 is 24.4 Å². The molecule has 1 amide bonds. The Hall–Kier alpha value is -3.01. The Bertz CT molecular complexity index is 1010. The monoisotopic (exact) mass is 480 g/mol. The minimum absolute atomic E-state index is 0.0703. The summed E-state index contributed by atoms with van der Waals surface area (Å²) in [7, 11) is 0. The summed E-state index contributed by atoms with van der Waals surface area (Å²) in [5, 5.41) is 0.828. The molecule has 1 unspecified atom stereocenters. The smallest absolute Gasteiger partial charge is 0.435 e. The number of rotatable bonds is 4. The highest BCUT2D eigenvalue weighted by atomic mass is 79.9. The summed E-state index contributed by atoms with van der Waals surface area (Å²) in [4.78, 5) is 40.7. The van der Waals surface area contributed by atoms with Crippen molar-refractivity contribution < 1.29 is 33.3 Å². The number of benzene rings is 1. The second-order valence-corrected chi connectivity index (χ2v) is 7.25. The molecular formula is C20H21BrN2O7. The first kappa shape index (κ1) is 21.7. The van der Waals surface area contributed by atoms with E-state index in [1.54, 1.807) is 13.8 Å². The summed E-state index contributed by atoms with van der Waals surface area (Å²) in [5.41, 5.74) is 1.97. The summed E-state index contributed by atoms with van der Waals surface area (Å²) in [6.45, 7) is 4.88. The Morgan fingerprint density at radius 1 is 1.17 bits per heavy atom. The Balaban J connectivity index is 2.12. The van der Waals surface area contributed by atoms with E-state index in [4.69, 9.17) is 18.9 Å². The lowest BCUT2D eigenvalue weighted by atomic mass is 10.1. The largest absolute Gasteiger partial charge is 0.513 e. The minimum atomic E-state index is -0.994. The number of carbonyl (C=O) groups is 3. The van der Waals surface area contributed by atoms with Crippen molar-refractivity contribution in [3.8, 4) is 0 Å². The molecule has 0 spiro atoms. The molecule has 9 nitrogen and oxygen atoms in total. The number of amides is 1. The third-order valence-electron chi connectivity index (χ3n) is 4.37. The van der Waals surface area contributed by atoms with Crippen LogP contribution in [-0.4, -0.2) is 47.5 Å². The van der Waals surface area contributed by atoms with Gasteiger partial charge in [0.05, 0.1) is 25.1 Å². The van der Waals surface area contributed by atoms with Crippen LogP contribution in [0.2, 0.25) is 0 Å². The molecule has 1 aromatic heterocycles. The molecule has 1 N–H and O–H groups in total. The average molecular weight is 481 g/mol. The fourth-order valence-corrected chi connectivity index (χ4v) is 3.53. The molecular weight excluding hydrogens is 460 g/mol. The summed E-state index contributed by atoms with van der Waals surface area (Å²) in [5.74, 6) is -0.340. The van der Waals surface area contributed by atoms with Gasteiger partial charge in [-0.05, 0) is 31.5 Å². The topological polar surface area (TPSA) is 107 Å². The molecule has 0 saturated heterocycles. The molecule has 0 radical (unpaired) electrons. The van der Waals surface area contributed by atoms with Crippen LogP contribution in [0.1, 0.15) is 32.0 Å². The molecule has 0 bridgehead atoms. The van der Waals surface area contributed by atoms with Crippen molar-refractivity contribution in [1.29, 1.82) is 0 Å². The predicted octanol–water partition coefficient (Wildman–Crippen LogP) is 4.31. The zero-order valence-electron chi connectivity index (χ0n) is 16.7. The van der Waals surface area contributed by atoms with E-state index in [9.17, 15) is 14.4 Å². The number of H-pyrrole nitrogens is 1. The molecule has 2 heterocycles. The normalized spacial score (nSPS) is 15.7. The van der Waals surface area contributed by atoms with E-state index in [-0.39, 0.29) is 25.4 Å². The Kier molecular flexibility index (Phi) is 6.66. The fraction of sp³-hybridized carbons (Fsp3) is 0.350. The van der Waals surface area contributed by atoms with Crippen LogP contribution in [0.15, 0.2) is 28.9 Å². The van der Waals surface area contributed by atoms with Gasteiger partial charge in [-0.2, -0.15) is 0 Å². The van der Waals surface area contributed by atoms with Crippen LogP contribution in [-0.2, 0) is 30.2 Å². The van der Waals surface area contributed by atoms with Gasteiger partial charge in [0.15, 0.2) is 12.0 Å². The van der Waals surface area contributed by atoms with E-state index in [1.165, 1.54) is 18.0 Å². The summed E-state index contributed by atoms with van der Waals surface area (Å²) in [6, 6.07) is 5.61. The molecule has 3 rings (SSSR count). The number of ether oxygens (including phenoxy) is 4. The molecule has 1 atom stereocenters. The van der Waals surface area contributed by atoms with Crippen molar-refractivity contribution in [2.45, 2.75) is 33.4 Å². The minimum Gasteiger partial charge on any atom is -0.435 e. The highest BCUT2D eigenvalue weighted by molar-refractivity contribution is 9.10. The van der Waals surface area contributed by atoms with Crippen molar-refractivity contribution in [3.05, 3.63) is 40.1 Å². The molecule has 1 aliphatic rings. The van der Waals surface area contributed by atoms with Crippen molar-refractivity contribution in [1.82, 2.24) is 9.88 Å². The van der Waals surface area contributed by atoms with E-state index in [0.29, 0.717) is 11.3 Å². The molecule has 1 aliphatic heterocycles. The number of hydrogen-bond acceptors (Lipinski definition) is 7. The SMILES string of the molecule is CCOC(=O)OC1=CN(C(C)=O)C(OC(=O)OCC)Cc2c1[nH]c1cc(Br)ccc21. The lowest BCUT2D eigenvalue weighted by molar-refractivity contribution is -0.135. The number of nitrogens with zero attached hydrogens (tertiary/aromatic N) is 1. The maximum absolute atomic E-state index is 12.3. The van der Waals surface area contributed by atoms with Crippen LogP contribution in [0.4, 0.5) is 9.59 Å². The molecule has 0 fully saturated rings. The van der Waals surface area contributed by atoms with E-state index >= 15 is 0 Å². The zero-order valence-corrected chi connectivity index (χ0v) is 18.3. The first-order valence-electron chi connectivity index (χ1n) is 9.33. The number of aromatic nitrogens is 1. The van der Waals surface area contributed by atoms with Gasteiger partial charge in [-0.1, -0.05) is 22.0 Å². The third-order valence-corrected chi connectivity index (χ3v) is 4.87. The van der Waals surface area contributed by atoms with Crippen LogP contribution < -0.4 is 0 Å². The van der Waals surface area contributed by atoms with Crippen molar-refractivity contribution >= 4 is 50.8 Å². The first-order chi connectivity index (χ1) is 14.3. The van der Waals surface area contributed by atoms with Crippen molar-refractivity contribution in [3.63, 3.8) is 0 Å². The molecule has 160 valence electrons. The van der Waals surface area contributed by atoms with Crippen LogP contribution in [0.25, 0.3) is 16.7 Å². The Labute approximate surface area is 181 Å². The fourth-order valence-electron chi connectivity index (χ4n) is 3.17. The molecule has 0 aliphatic carbocycles. The van der Waals surface area contributed by atoms with E-state index in [1.807, 2.05) is 18.2 Å². The lowest BCUT2D eigenvalue weighted by Gasteiger charge is -2.26. The maximum atomic E-state index is 12.3. The van der Waals surface area contributed by atoms with Gasteiger partial charge in [-0.15, -0.1) is 0 Å². The number of aromatic amines is 1. The lowest BCUT2D eigenvalue weighted by Crippen LogP contribution is -2.39. The summed E-state index contributed by atoms with van der Waals surface area (Å²) in [6.07, 6.45) is -1.34. The molecule has 10 heteroatoms. The van der Waals surface area contributed by atoms with Crippen LogP contribution in [0, 0.1) is 0 Å². The highest BCUT2D eigenvalue weighted by Crippen LogP contribution is 2.35. The average Bonchev–Trinajstić information content (AvgIpc) is 2.94. The van der Waals surface area contributed by atoms with Gasteiger partial charge >= 0.3 is 12.3 Å². The third kappa shape index (κ3) is 4.59. The first-order valence-corrected chi connectivity index (χ1v) is 10.1. The number of carbonyl (C=O) groups excluding carboxylic acids is 3. The standard InChI is InChI=1S/C20H21BrN2O7/c1-4-27-19(25)29-16-10-23(11(3)24)17(30-20(26)28-5-2)9-14-13-7-6-12(21)8-15(13)22-18(14)16/h6-8,10,17,22H,4-5,9H2,1-3H3. The van der Waals surface area contributed by atoms with Crippen molar-refractivity contribution in [2.75, 3.05) is 13.2 Å². The van der Waals surface area contributed by atoms with Gasteiger partial charge < -0.3 is 23.9 Å². The quantitative estimate of drug-likeness (QED) is 0.649. The molecule has 2 aromatic rings. The van der Waals surface area contributed by atoms with Crippen LogP contribution >= 0.6 is 15.9 Å². The Morgan fingerprint density at radius 3 is 2.53 bits per heavy atom. The van der Waals surface area contributed by atoms with Gasteiger partial charge in [0.2, 0.25) is 5.91 Å². The summed E-state index contributed by atoms with van der Waals surface area (Å²) < 4.78 is 21.4. The number of hydrogen-bond donors (Lipinski definition) is 1.